The lowest BCUT2D eigenvalue weighted by atomic mass is 9.88. The summed E-state index contributed by atoms with van der Waals surface area (Å²) < 4.78 is 65.0. The highest BCUT2D eigenvalue weighted by atomic mass is 79.9. The Hall–Kier alpha value is -2.23. The molecule has 3 aliphatic rings. The fourth-order valence-electron chi connectivity index (χ4n) is 5.45. The van der Waals surface area contributed by atoms with Gasteiger partial charge in [-0.1, -0.05) is 28.1 Å². The molecule has 2 saturated heterocycles. The Bertz CT molecular complexity index is 1490. The van der Waals surface area contributed by atoms with E-state index < -0.39 is 43.7 Å². The van der Waals surface area contributed by atoms with Gasteiger partial charge in [0.1, 0.15) is 18.5 Å². The fraction of sp³-hybridized carbons (Fsp3) is 0.519. The molecule has 3 fully saturated rings. The zero-order valence-electron chi connectivity index (χ0n) is 22.3. The number of ether oxygens (including phenoxy) is 2. The second-order valence-electron chi connectivity index (χ2n) is 10.8. The van der Waals surface area contributed by atoms with Crippen molar-refractivity contribution in [1.29, 1.82) is 0 Å². The number of carboxylic acid groups (broad SMARTS) is 1. The van der Waals surface area contributed by atoms with Gasteiger partial charge in [-0.25, -0.2) is 21.6 Å². The summed E-state index contributed by atoms with van der Waals surface area (Å²) in [5.41, 5.74) is -0.642. The minimum absolute atomic E-state index is 0.138. The Kier molecular flexibility index (Phi) is 8.71. The summed E-state index contributed by atoms with van der Waals surface area (Å²) in [4.78, 5) is 13.6. The molecule has 224 valence electrons. The topological polar surface area (TPSA) is 151 Å². The van der Waals surface area contributed by atoms with E-state index in [0.29, 0.717) is 36.6 Å². The Balaban J connectivity index is 1.15. The molecule has 2 heterocycles. The molecule has 0 unspecified atom stereocenters. The summed E-state index contributed by atoms with van der Waals surface area (Å²) in [5, 5.41) is 20.1. The SMILES string of the molecule is O=C(O)N(C[C@H](O)COc1cccc(S(=O)(=O)C2CC2)c1)[C@H]1COC2(CCN(S(=O)(=O)c3cccc(Br)c3)CC2)C1. The lowest BCUT2D eigenvalue weighted by Gasteiger charge is -2.38. The van der Waals surface area contributed by atoms with Crippen molar-refractivity contribution in [2.24, 2.45) is 0 Å². The standard InChI is InChI=1S/C27H33BrN2O9S2/c28-19-3-1-6-25(13-19)41(36,37)29-11-9-27(10-12-29)15-20(17-39-27)30(26(32)33)16-21(31)18-38-22-4-2-5-24(14-22)40(34,35)23-7-8-23/h1-6,13-14,20-21,23,31H,7-12,15-18H2,(H,32,33)/t20-,21+/m1/s1. The molecule has 0 radical (unpaired) electrons. The number of rotatable bonds is 10. The molecular weight excluding hydrogens is 640 g/mol. The van der Waals surface area contributed by atoms with Gasteiger partial charge in [0.15, 0.2) is 9.84 Å². The van der Waals surface area contributed by atoms with E-state index in [1.807, 2.05) is 0 Å². The Morgan fingerprint density at radius 2 is 1.78 bits per heavy atom. The van der Waals surface area contributed by atoms with Gasteiger partial charge < -0.3 is 24.6 Å². The second-order valence-corrected chi connectivity index (χ2v) is 15.9. The van der Waals surface area contributed by atoms with Crippen LogP contribution in [0.1, 0.15) is 32.1 Å². The van der Waals surface area contributed by atoms with Crippen LogP contribution in [0.4, 0.5) is 4.79 Å². The first-order valence-electron chi connectivity index (χ1n) is 13.4. The Morgan fingerprint density at radius 1 is 1.10 bits per heavy atom. The van der Waals surface area contributed by atoms with E-state index in [-0.39, 0.29) is 53.6 Å². The summed E-state index contributed by atoms with van der Waals surface area (Å²) in [5.74, 6) is 0.278. The van der Waals surface area contributed by atoms with Gasteiger partial charge in [0.2, 0.25) is 10.0 Å². The maximum absolute atomic E-state index is 13.1. The zero-order chi connectivity index (χ0) is 29.4. The van der Waals surface area contributed by atoms with E-state index in [0.717, 1.165) is 4.90 Å². The van der Waals surface area contributed by atoms with Crippen molar-refractivity contribution < 1.29 is 41.3 Å². The van der Waals surface area contributed by atoms with Gasteiger partial charge in [-0.2, -0.15) is 4.31 Å². The predicted octanol–water partition coefficient (Wildman–Crippen LogP) is 3.12. The van der Waals surface area contributed by atoms with Gasteiger partial charge in [0.25, 0.3) is 0 Å². The van der Waals surface area contributed by atoms with Crippen molar-refractivity contribution in [3.05, 3.63) is 53.0 Å². The first-order valence-corrected chi connectivity index (χ1v) is 17.2. The number of aliphatic hydroxyl groups excluding tert-OH is 1. The number of benzene rings is 2. The van der Waals surface area contributed by atoms with E-state index in [1.165, 1.54) is 16.4 Å². The Morgan fingerprint density at radius 3 is 2.44 bits per heavy atom. The van der Waals surface area contributed by atoms with E-state index in [1.54, 1.807) is 36.4 Å². The molecule has 2 aromatic carbocycles. The molecule has 1 saturated carbocycles. The van der Waals surface area contributed by atoms with Crippen LogP contribution in [0, 0.1) is 0 Å². The third-order valence-electron chi connectivity index (χ3n) is 7.89. The van der Waals surface area contributed by atoms with E-state index in [9.17, 15) is 31.8 Å². The van der Waals surface area contributed by atoms with Gasteiger partial charge in [-0.05, 0) is 68.5 Å². The summed E-state index contributed by atoms with van der Waals surface area (Å²) in [7, 11) is -7.06. The Labute approximate surface area is 248 Å². The lowest BCUT2D eigenvalue weighted by Crippen LogP contribution is -2.48. The molecule has 0 bridgehead atoms. The van der Waals surface area contributed by atoms with E-state index in [4.69, 9.17) is 9.47 Å². The van der Waals surface area contributed by atoms with Gasteiger partial charge in [-0.15, -0.1) is 0 Å². The quantitative estimate of drug-likeness (QED) is 0.388. The number of halogens is 1. The van der Waals surface area contributed by atoms with Crippen LogP contribution < -0.4 is 4.74 Å². The molecule has 41 heavy (non-hydrogen) atoms. The minimum Gasteiger partial charge on any atom is -0.491 e. The smallest absolute Gasteiger partial charge is 0.407 e. The highest BCUT2D eigenvalue weighted by Gasteiger charge is 2.47. The number of hydrogen-bond donors (Lipinski definition) is 2. The summed E-state index contributed by atoms with van der Waals surface area (Å²) in [6, 6.07) is 12.1. The summed E-state index contributed by atoms with van der Waals surface area (Å²) >= 11 is 3.31. The molecule has 2 atom stereocenters. The molecular formula is C27H33BrN2O9S2. The molecule has 1 spiro atoms. The number of piperidine rings is 1. The number of sulfonamides is 1. The lowest BCUT2D eigenvalue weighted by molar-refractivity contribution is -0.0319. The average Bonchev–Trinajstić information content (AvgIpc) is 3.74. The molecule has 0 aromatic heterocycles. The average molecular weight is 674 g/mol. The monoisotopic (exact) mass is 672 g/mol. The second kappa shape index (κ2) is 11.8. The molecule has 5 rings (SSSR count). The maximum atomic E-state index is 13.1. The first-order chi connectivity index (χ1) is 19.4. The molecule has 1 aliphatic carbocycles. The van der Waals surface area contributed by atoms with Crippen LogP contribution >= 0.6 is 15.9 Å². The van der Waals surface area contributed by atoms with Crippen molar-refractivity contribution in [2.75, 3.05) is 32.8 Å². The molecule has 1 amide bonds. The van der Waals surface area contributed by atoms with Crippen LogP contribution in [-0.2, 0) is 24.6 Å². The maximum Gasteiger partial charge on any atom is 0.407 e. The zero-order valence-corrected chi connectivity index (χ0v) is 25.5. The van der Waals surface area contributed by atoms with Crippen molar-refractivity contribution >= 4 is 41.9 Å². The summed E-state index contributed by atoms with van der Waals surface area (Å²) in [6.07, 6.45) is 0.161. The normalized spacial score (nSPS) is 22.0. The molecule has 2 aliphatic heterocycles. The number of hydrogen-bond acceptors (Lipinski definition) is 8. The van der Waals surface area contributed by atoms with Gasteiger partial charge in [-0.3, -0.25) is 0 Å². The third kappa shape index (κ3) is 6.73. The highest BCUT2D eigenvalue weighted by molar-refractivity contribution is 9.10. The van der Waals surface area contributed by atoms with Crippen molar-refractivity contribution in [1.82, 2.24) is 9.21 Å². The number of carbonyl (C=O) groups is 1. The van der Waals surface area contributed by atoms with E-state index >= 15 is 0 Å². The number of aliphatic hydroxyl groups is 1. The van der Waals surface area contributed by atoms with Gasteiger partial charge >= 0.3 is 6.09 Å². The van der Waals surface area contributed by atoms with Crippen LogP contribution in [-0.4, -0.2) is 98.2 Å². The molecule has 2 aromatic rings. The predicted molar refractivity (Wildman–Crippen MR) is 152 cm³/mol. The molecule has 11 nitrogen and oxygen atoms in total. The minimum atomic E-state index is -3.67. The fourth-order valence-corrected chi connectivity index (χ4v) is 9.18. The van der Waals surface area contributed by atoms with Crippen LogP contribution in [0.5, 0.6) is 5.75 Å². The number of sulfone groups is 1. The van der Waals surface area contributed by atoms with Gasteiger partial charge in [0.05, 0.1) is 39.8 Å². The van der Waals surface area contributed by atoms with E-state index in [2.05, 4.69) is 15.9 Å². The third-order valence-corrected chi connectivity index (χ3v) is 12.5. The van der Waals surface area contributed by atoms with Crippen molar-refractivity contribution in [3.63, 3.8) is 0 Å². The van der Waals surface area contributed by atoms with Crippen LogP contribution in [0.25, 0.3) is 0 Å². The van der Waals surface area contributed by atoms with Crippen LogP contribution in [0.3, 0.4) is 0 Å². The van der Waals surface area contributed by atoms with Gasteiger partial charge in [0, 0.05) is 17.6 Å². The van der Waals surface area contributed by atoms with Crippen molar-refractivity contribution in [3.8, 4) is 5.75 Å². The van der Waals surface area contributed by atoms with Crippen LogP contribution in [0.15, 0.2) is 62.8 Å². The van der Waals surface area contributed by atoms with Crippen molar-refractivity contribution in [2.45, 2.75) is 64.9 Å². The first kappa shape index (κ1) is 30.2. The number of amides is 1. The van der Waals surface area contributed by atoms with Crippen LogP contribution in [0.2, 0.25) is 0 Å². The number of nitrogens with zero attached hydrogens (tertiary/aromatic N) is 2. The molecule has 14 heteroatoms. The summed E-state index contributed by atoms with van der Waals surface area (Å²) in [6.45, 7) is 0.196. The highest BCUT2D eigenvalue weighted by Crippen LogP contribution is 2.39. The largest absolute Gasteiger partial charge is 0.491 e. The molecule has 2 N–H and O–H groups in total.